The SMILES string of the molecule is Cc1ccc(C2c3c(oc4ccccc4c3=O)C(=O)N2c2nc(C)c(C)s2)o1. The summed E-state index contributed by atoms with van der Waals surface area (Å²) in [6.45, 7) is 5.67. The van der Waals surface area contributed by atoms with E-state index in [0.29, 0.717) is 33.2 Å². The van der Waals surface area contributed by atoms with E-state index in [1.54, 1.807) is 30.3 Å². The van der Waals surface area contributed by atoms with Crippen LogP contribution in [0.1, 0.15) is 44.3 Å². The predicted molar refractivity (Wildman–Crippen MR) is 106 cm³/mol. The summed E-state index contributed by atoms with van der Waals surface area (Å²) < 4.78 is 11.7. The molecule has 7 heteroatoms. The molecule has 140 valence electrons. The average Bonchev–Trinajstić information content (AvgIpc) is 3.32. The highest BCUT2D eigenvalue weighted by Crippen LogP contribution is 2.43. The summed E-state index contributed by atoms with van der Waals surface area (Å²) in [4.78, 5) is 33.7. The Balaban J connectivity index is 1.83. The van der Waals surface area contributed by atoms with Crippen molar-refractivity contribution in [1.82, 2.24) is 4.98 Å². The first-order valence-electron chi connectivity index (χ1n) is 8.85. The van der Waals surface area contributed by atoms with E-state index in [4.69, 9.17) is 8.83 Å². The maximum absolute atomic E-state index is 13.3. The molecule has 1 amide bonds. The zero-order valence-electron chi connectivity index (χ0n) is 15.5. The van der Waals surface area contributed by atoms with Crippen molar-refractivity contribution in [3.05, 3.63) is 80.0 Å². The van der Waals surface area contributed by atoms with Gasteiger partial charge in [-0.3, -0.25) is 14.5 Å². The van der Waals surface area contributed by atoms with Gasteiger partial charge in [0.05, 0.1) is 16.6 Å². The van der Waals surface area contributed by atoms with Crippen LogP contribution >= 0.6 is 11.3 Å². The Kier molecular flexibility index (Phi) is 3.57. The van der Waals surface area contributed by atoms with E-state index < -0.39 is 6.04 Å². The second kappa shape index (κ2) is 5.90. The molecule has 0 N–H and O–H groups in total. The van der Waals surface area contributed by atoms with Gasteiger partial charge in [0.2, 0.25) is 5.76 Å². The van der Waals surface area contributed by atoms with Gasteiger partial charge in [-0.25, -0.2) is 4.98 Å². The quantitative estimate of drug-likeness (QED) is 0.501. The highest BCUT2D eigenvalue weighted by molar-refractivity contribution is 7.15. The first kappa shape index (κ1) is 16.9. The number of anilines is 1. The zero-order valence-corrected chi connectivity index (χ0v) is 16.3. The fourth-order valence-electron chi connectivity index (χ4n) is 3.55. The smallest absolute Gasteiger partial charge is 0.297 e. The van der Waals surface area contributed by atoms with Gasteiger partial charge < -0.3 is 8.83 Å². The molecule has 0 radical (unpaired) electrons. The van der Waals surface area contributed by atoms with E-state index in [-0.39, 0.29) is 17.1 Å². The zero-order chi connectivity index (χ0) is 19.6. The van der Waals surface area contributed by atoms with Crippen molar-refractivity contribution in [3.63, 3.8) is 0 Å². The molecule has 1 atom stereocenters. The van der Waals surface area contributed by atoms with Crippen LogP contribution in [0.3, 0.4) is 0 Å². The lowest BCUT2D eigenvalue weighted by molar-refractivity contribution is 0.0969. The Morgan fingerprint density at radius 2 is 1.82 bits per heavy atom. The van der Waals surface area contributed by atoms with Crippen LogP contribution in [-0.4, -0.2) is 10.9 Å². The first-order valence-corrected chi connectivity index (χ1v) is 9.67. The molecule has 28 heavy (non-hydrogen) atoms. The lowest BCUT2D eigenvalue weighted by atomic mass is 10.0. The molecule has 6 nitrogen and oxygen atoms in total. The van der Waals surface area contributed by atoms with Crippen LogP contribution in [0.4, 0.5) is 5.13 Å². The summed E-state index contributed by atoms with van der Waals surface area (Å²) in [6.07, 6.45) is 0. The maximum Gasteiger partial charge on any atom is 0.297 e. The van der Waals surface area contributed by atoms with Crippen LogP contribution in [0.25, 0.3) is 11.0 Å². The summed E-state index contributed by atoms with van der Waals surface area (Å²) in [5.74, 6) is 0.879. The monoisotopic (exact) mass is 392 g/mol. The lowest BCUT2D eigenvalue weighted by Crippen LogP contribution is -2.29. The van der Waals surface area contributed by atoms with Crippen LogP contribution in [0.2, 0.25) is 0 Å². The van der Waals surface area contributed by atoms with Crippen molar-refractivity contribution in [2.75, 3.05) is 4.90 Å². The van der Waals surface area contributed by atoms with Gasteiger partial charge in [0.25, 0.3) is 5.91 Å². The normalized spacial score (nSPS) is 16.2. The number of thiazole rings is 1. The second-order valence-electron chi connectivity index (χ2n) is 6.83. The van der Waals surface area contributed by atoms with E-state index in [1.807, 2.05) is 26.8 Å². The largest absolute Gasteiger partial charge is 0.464 e. The molecule has 0 aliphatic carbocycles. The summed E-state index contributed by atoms with van der Waals surface area (Å²) in [5.41, 5.74) is 1.31. The van der Waals surface area contributed by atoms with E-state index in [1.165, 1.54) is 16.2 Å². The number of carbonyl (C=O) groups excluding carboxylic acids is 1. The van der Waals surface area contributed by atoms with Crippen molar-refractivity contribution in [3.8, 4) is 0 Å². The van der Waals surface area contributed by atoms with Crippen molar-refractivity contribution in [2.45, 2.75) is 26.8 Å². The first-order chi connectivity index (χ1) is 13.5. The number of aromatic nitrogens is 1. The number of nitrogens with zero attached hydrogens (tertiary/aromatic N) is 2. The number of carbonyl (C=O) groups is 1. The molecule has 1 unspecified atom stereocenters. The number of hydrogen-bond donors (Lipinski definition) is 0. The number of rotatable bonds is 2. The van der Waals surface area contributed by atoms with Gasteiger partial charge in [-0.05, 0) is 45.0 Å². The molecule has 1 aliphatic heterocycles. The van der Waals surface area contributed by atoms with Gasteiger partial charge in [0, 0.05) is 4.88 Å². The summed E-state index contributed by atoms with van der Waals surface area (Å²) in [7, 11) is 0. The fraction of sp³-hybridized carbons (Fsp3) is 0.190. The minimum Gasteiger partial charge on any atom is -0.464 e. The average molecular weight is 392 g/mol. The van der Waals surface area contributed by atoms with Gasteiger partial charge in [-0.15, -0.1) is 11.3 Å². The highest BCUT2D eigenvalue weighted by atomic mass is 32.1. The molecule has 4 aromatic rings. The standard InChI is InChI=1S/C21H16N2O4S/c1-10-8-9-15(26-10)17-16-18(24)13-6-4-5-7-14(13)27-19(16)20(25)23(17)21-22-11(2)12(3)28-21/h4-9,17H,1-3H3. The number of furan rings is 1. The molecule has 5 rings (SSSR count). The van der Waals surface area contributed by atoms with E-state index in [0.717, 1.165) is 10.6 Å². The van der Waals surface area contributed by atoms with Crippen molar-refractivity contribution in [1.29, 1.82) is 0 Å². The van der Waals surface area contributed by atoms with Crippen molar-refractivity contribution >= 4 is 33.3 Å². The van der Waals surface area contributed by atoms with Crippen LogP contribution in [0, 0.1) is 20.8 Å². The molecule has 0 saturated carbocycles. The molecule has 1 aliphatic rings. The molecular weight excluding hydrogens is 376 g/mol. The Hall–Kier alpha value is -3.19. The van der Waals surface area contributed by atoms with Crippen molar-refractivity contribution < 1.29 is 13.6 Å². The number of fused-ring (bicyclic) bond motifs is 2. The minimum atomic E-state index is -0.706. The topological polar surface area (TPSA) is 76.6 Å². The molecule has 0 fully saturated rings. The minimum absolute atomic E-state index is 0.0493. The highest BCUT2D eigenvalue weighted by Gasteiger charge is 2.46. The number of aryl methyl sites for hydroxylation is 3. The van der Waals surface area contributed by atoms with E-state index in [2.05, 4.69) is 4.98 Å². The second-order valence-corrected chi connectivity index (χ2v) is 8.02. The predicted octanol–water partition coefficient (Wildman–Crippen LogP) is 4.52. The molecule has 0 spiro atoms. The van der Waals surface area contributed by atoms with Crippen LogP contribution in [0.5, 0.6) is 0 Å². The lowest BCUT2D eigenvalue weighted by Gasteiger charge is -2.20. The summed E-state index contributed by atoms with van der Waals surface area (Å²) in [6, 6.07) is 9.85. The van der Waals surface area contributed by atoms with Crippen LogP contribution in [0.15, 0.2) is 50.0 Å². The van der Waals surface area contributed by atoms with Crippen molar-refractivity contribution in [2.24, 2.45) is 0 Å². The molecule has 1 aromatic carbocycles. The number of hydrogen-bond acceptors (Lipinski definition) is 6. The molecular formula is C21H16N2O4S. The van der Waals surface area contributed by atoms with E-state index in [9.17, 15) is 9.59 Å². The van der Waals surface area contributed by atoms with Gasteiger partial charge >= 0.3 is 0 Å². The van der Waals surface area contributed by atoms with E-state index >= 15 is 0 Å². The number of amides is 1. The van der Waals surface area contributed by atoms with Gasteiger partial charge in [-0.2, -0.15) is 0 Å². The Morgan fingerprint density at radius 1 is 1.04 bits per heavy atom. The molecule has 4 heterocycles. The Labute approximate surface area is 164 Å². The summed E-state index contributed by atoms with van der Waals surface area (Å²) in [5, 5.41) is 0.963. The Morgan fingerprint density at radius 3 is 2.50 bits per heavy atom. The van der Waals surface area contributed by atoms with Gasteiger partial charge in [-0.1, -0.05) is 12.1 Å². The molecule has 0 saturated heterocycles. The van der Waals surface area contributed by atoms with Gasteiger partial charge in [0.15, 0.2) is 10.6 Å². The maximum atomic E-state index is 13.3. The third kappa shape index (κ3) is 2.29. The number of para-hydroxylation sites is 1. The fourth-order valence-corrected chi connectivity index (χ4v) is 4.48. The third-order valence-electron chi connectivity index (χ3n) is 5.03. The van der Waals surface area contributed by atoms with Crippen LogP contribution < -0.4 is 10.3 Å². The number of benzene rings is 1. The third-order valence-corrected chi connectivity index (χ3v) is 6.10. The molecule has 0 bridgehead atoms. The molecule has 3 aromatic heterocycles. The Bertz CT molecular complexity index is 1290. The van der Waals surface area contributed by atoms with Crippen LogP contribution in [-0.2, 0) is 0 Å². The summed E-state index contributed by atoms with van der Waals surface area (Å²) >= 11 is 1.41. The van der Waals surface area contributed by atoms with Gasteiger partial charge in [0.1, 0.15) is 23.1 Å².